The molecule has 1 aliphatic rings. The van der Waals surface area contributed by atoms with Gasteiger partial charge in [0.2, 0.25) is 0 Å². The van der Waals surface area contributed by atoms with E-state index in [2.05, 4.69) is 0 Å². The molecule has 2 atom stereocenters. The van der Waals surface area contributed by atoms with Crippen LogP contribution < -0.4 is 0 Å². The van der Waals surface area contributed by atoms with Crippen LogP contribution in [-0.4, -0.2) is 48.5 Å². The fraction of sp³-hybridized carbons (Fsp3) is 0.889. The Morgan fingerprint density at radius 2 is 2.12 bits per heavy atom. The lowest BCUT2D eigenvalue weighted by molar-refractivity contribution is -0.193. The van der Waals surface area contributed by atoms with Gasteiger partial charge in [0.25, 0.3) is 0 Å². The first-order valence-corrected chi connectivity index (χ1v) is 4.80. The average Bonchev–Trinajstić information content (AvgIpc) is 2.07. The first-order valence-electron chi connectivity index (χ1n) is 4.80. The largest absolute Gasteiger partial charge is 0.481 e. The van der Waals surface area contributed by atoms with Crippen LogP contribution in [-0.2, 0) is 4.79 Å². The third-order valence-electron chi connectivity index (χ3n) is 2.95. The summed E-state index contributed by atoms with van der Waals surface area (Å²) in [4.78, 5) is 12.4. The van der Waals surface area contributed by atoms with E-state index in [0.717, 1.165) is 0 Å². The van der Waals surface area contributed by atoms with Gasteiger partial charge in [-0.25, -0.2) is 4.39 Å². The Kier molecular flexibility index (Phi) is 3.47. The Balaban J connectivity index is 2.93. The molecule has 0 amide bonds. The molecule has 1 heterocycles. The number of hydrogen-bond donors (Lipinski definition) is 1. The first kappa shape index (κ1) is 13.2. The zero-order valence-corrected chi connectivity index (χ0v) is 8.72. The normalized spacial score (nSPS) is 32.7. The molecular weight excluding hydrogens is 230 g/mol. The summed E-state index contributed by atoms with van der Waals surface area (Å²) in [6, 6.07) is 0. The molecule has 0 spiro atoms. The van der Waals surface area contributed by atoms with Gasteiger partial charge in [-0.1, -0.05) is 0 Å². The minimum absolute atomic E-state index is 0.156. The molecule has 3 nitrogen and oxygen atoms in total. The van der Waals surface area contributed by atoms with Crippen molar-refractivity contribution in [2.75, 3.05) is 20.1 Å². The second kappa shape index (κ2) is 4.20. The molecule has 0 aliphatic carbocycles. The molecule has 1 fully saturated rings. The molecule has 7 heteroatoms. The zero-order chi connectivity index (χ0) is 12.6. The smallest absolute Gasteiger partial charge is 0.390 e. The number of piperidine rings is 1. The Bertz CT molecular complexity index is 281. The van der Waals surface area contributed by atoms with Gasteiger partial charge in [-0.2, -0.15) is 13.2 Å². The topological polar surface area (TPSA) is 40.5 Å². The van der Waals surface area contributed by atoms with Crippen LogP contribution in [0.1, 0.15) is 12.8 Å². The van der Waals surface area contributed by atoms with Crippen molar-refractivity contribution in [3.05, 3.63) is 0 Å². The minimum Gasteiger partial charge on any atom is -0.481 e. The Morgan fingerprint density at radius 3 is 2.50 bits per heavy atom. The van der Waals surface area contributed by atoms with E-state index < -0.39 is 30.2 Å². The number of rotatable bonds is 2. The maximum atomic E-state index is 13.6. The van der Waals surface area contributed by atoms with Gasteiger partial charge >= 0.3 is 12.1 Å². The van der Waals surface area contributed by atoms with E-state index in [1.165, 1.54) is 4.90 Å². The van der Waals surface area contributed by atoms with Gasteiger partial charge in [-0.3, -0.25) is 4.79 Å². The van der Waals surface area contributed by atoms with E-state index in [1.807, 2.05) is 0 Å². The Labute approximate surface area is 90.0 Å². The van der Waals surface area contributed by atoms with Gasteiger partial charge < -0.3 is 10.0 Å². The summed E-state index contributed by atoms with van der Waals surface area (Å²) in [5, 5.41) is 8.85. The minimum atomic E-state index is -4.67. The number of alkyl halides is 4. The zero-order valence-electron chi connectivity index (χ0n) is 8.72. The van der Waals surface area contributed by atoms with Gasteiger partial charge in [-0.15, -0.1) is 0 Å². The molecule has 0 radical (unpaired) electrons. The van der Waals surface area contributed by atoms with Crippen molar-refractivity contribution in [1.29, 1.82) is 0 Å². The molecule has 1 N–H and O–H groups in total. The van der Waals surface area contributed by atoms with Crippen molar-refractivity contribution >= 4 is 5.97 Å². The number of carboxylic acid groups (broad SMARTS) is 1. The molecule has 0 saturated carbocycles. The number of hydrogen-bond acceptors (Lipinski definition) is 2. The molecule has 1 saturated heterocycles. The highest BCUT2D eigenvalue weighted by Crippen LogP contribution is 2.43. The van der Waals surface area contributed by atoms with Gasteiger partial charge in [0.15, 0.2) is 0 Å². The van der Waals surface area contributed by atoms with Crippen molar-refractivity contribution in [1.82, 2.24) is 4.90 Å². The average molecular weight is 243 g/mol. The summed E-state index contributed by atoms with van der Waals surface area (Å²) >= 11 is 0. The highest BCUT2D eigenvalue weighted by molar-refractivity contribution is 5.75. The third kappa shape index (κ3) is 2.63. The fourth-order valence-electron chi connectivity index (χ4n) is 1.96. The highest BCUT2D eigenvalue weighted by Gasteiger charge is 2.55. The van der Waals surface area contributed by atoms with Crippen molar-refractivity contribution in [3.8, 4) is 0 Å². The lowest BCUT2D eigenvalue weighted by Gasteiger charge is -2.40. The maximum absolute atomic E-state index is 13.6. The second-order valence-corrected chi connectivity index (χ2v) is 4.23. The van der Waals surface area contributed by atoms with E-state index in [0.29, 0.717) is 0 Å². The van der Waals surface area contributed by atoms with Crippen LogP contribution in [0.15, 0.2) is 0 Å². The molecule has 1 aliphatic heterocycles. The summed E-state index contributed by atoms with van der Waals surface area (Å²) in [7, 11) is 1.55. The number of carboxylic acids is 1. The van der Waals surface area contributed by atoms with Crippen molar-refractivity contribution in [2.45, 2.75) is 25.2 Å². The predicted octanol–water partition coefficient (Wildman–Crippen LogP) is 1.68. The highest BCUT2D eigenvalue weighted by atomic mass is 19.4. The lowest BCUT2D eigenvalue weighted by Crippen LogP contribution is -2.53. The van der Waals surface area contributed by atoms with Gasteiger partial charge in [-0.05, 0) is 20.0 Å². The third-order valence-corrected chi connectivity index (χ3v) is 2.95. The monoisotopic (exact) mass is 243 g/mol. The number of nitrogens with zero attached hydrogens (tertiary/aromatic N) is 1. The number of halogens is 4. The number of likely N-dealkylation sites (tertiary alicyclic amines) is 1. The van der Waals surface area contributed by atoms with E-state index in [9.17, 15) is 22.4 Å². The number of carbonyl (C=O) groups is 1. The van der Waals surface area contributed by atoms with E-state index in [-0.39, 0.29) is 19.5 Å². The van der Waals surface area contributed by atoms with Crippen LogP contribution in [0.25, 0.3) is 0 Å². The first-order chi connectivity index (χ1) is 7.17. The molecule has 0 bridgehead atoms. The van der Waals surface area contributed by atoms with Crippen LogP contribution in [0.4, 0.5) is 17.6 Å². The summed E-state index contributed by atoms with van der Waals surface area (Å²) in [5.74, 6) is -1.70. The van der Waals surface area contributed by atoms with E-state index >= 15 is 0 Å². The Morgan fingerprint density at radius 1 is 1.56 bits per heavy atom. The number of aliphatic carboxylic acids is 1. The van der Waals surface area contributed by atoms with E-state index in [4.69, 9.17) is 5.11 Å². The predicted molar refractivity (Wildman–Crippen MR) is 47.8 cm³/mol. The summed E-state index contributed by atoms with van der Waals surface area (Å²) in [6.45, 7) is -0.120. The molecule has 0 aromatic carbocycles. The SMILES string of the molecule is CN1CCC(CC(F)(F)F)(C(=O)O)C(F)C1. The molecule has 1 rings (SSSR count). The van der Waals surface area contributed by atoms with Gasteiger partial charge in [0.1, 0.15) is 11.6 Å². The van der Waals surface area contributed by atoms with Crippen molar-refractivity contribution in [3.63, 3.8) is 0 Å². The molecule has 0 aromatic rings. The van der Waals surface area contributed by atoms with Gasteiger partial charge in [0, 0.05) is 6.54 Å². The Hall–Kier alpha value is -0.850. The van der Waals surface area contributed by atoms with Crippen LogP contribution in [0, 0.1) is 5.41 Å². The van der Waals surface area contributed by atoms with Crippen molar-refractivity contribution < 1.29 is 27.5 Å². The summed E-state index contributed by atoms with van der Waals surface area (Å²) < 4.78 is 50.4. The van der Waals surface area contributed by atoms with Crippen molar-refractivity contribution in [2.24, 2.45) is 5.41 Å². The van der Waals surface area contributed by atoms with Crippen LogP contribution in [0.2, 0.25) is 0 Å². The molecule has 94 valence electrons. The molecule has 16 heavy (non-hydrogen) atoms. The van der Waals surface area contributed by atoms with Crippen LogP contribution in [0.3, 0.4) is 0 Å². The second-order valence-electron chi connectivity index (χ2n) is 4.23. The molecular formula is C9H13F4NO2. The standard InChI is InChI=1S/C9H13F4NO2/c1-14-3-2-8(7(15)16,6(10)4-14)5-9(11,12)13/h6H,2-5H2,1H3,(H,15,16). The summed E-state index contributed by atoms with van der Waals surface area (Å²) in [5.41, 5.74) is -2.31. The molecule has 0 aromatic heterocycles. The maximum Gasteiger partial charge on any atom is 0.390 e. The fourth-order valence-corrected chi connectivity index (χ4v) is 1.96. The molecule has 2 unspecified atom stereocenters. The summed E-state index contributed by atoms with van der Waals surface area (Å²) in [6.07, 6.45) is -8.59. The van der Waals surface area contributed by atoms with E-state index in [1.54, 1.807) is 7.05 Å². The van der Waals surface area contributed by atoms with Crippen LogP contribution >= 0.6 is 0 Å². The van der Waals surface area contributed by atoms with Crippen LogP contribution in [0.5, 0.6) is 0 Å². The quantitative estimate of drug-likeness (QED) is 0.750. The lowest BCUT2D eigenvalue weighted by atomic mass is 9.74. The van der Waals surface area contributed by atoms with Gasteiger partial charge in [0.05, 0.1) is 6.42 Å².